The topological polar surface area (TPSA) is 37.3 Å². The normalized spacial score (nSPS) is 12.4. The molecular formula is C11H13FO2S. The van der Waals surface area contributed by atoms with Crippen molar-refractivity contribution in [3.63, 3.8) is 0 Å². The molecule has 82 valence electrons. The van der Waals surface area contributed by atoms with Gasteiger partial charge in [0, 0.05) is 4.90 Å². The lowest BCUT2D eigenvalue weighted by Crippen LogP contribution is -2.15. The van der Waals surface area contributed by atoms with Crippen LogP contribution in [-0.2, 0) is 4.79 Å². The van der Waals surface area contributed by atoms with Crippen molar-refractivity contribution in [2.24, 2.45) is 0 Å². The van der Waals surface area contributed by atoms with E-state index in [1.54, 1.807) is 18.2 Å². The average molecular weight is 228 g/mol. The van der Waals surface area contributed by atoms with Gasteiger partial charge in [0.05, 0.1) is 0 Å². The van der Waals surface area contributed by atoms with E-state index in [1.165, 1.54) is 6.07 Å². The summed E-state index contributed by atoms with van der Waals surface area (Å²) in [5, 5.41) is 8.35. The van der Waals surface area contributed by atoms with Gasteiger partial charge in [0.25, 0.3) is 0 Å². The van der Waals surface area contributed by atoms with Gasteiger partial charge in [0.2, 0.25) is 0 Å². The van der Waals surface area contributed by atoms with E-state index in [1.807, 2.05) is 6.92 Å². The van der Waals surface area contributed by atoms with E-state index in [4.69, 9.17) is 5.11 Å². The highest BCUT2D eigenvalue weighted by Gasteiger charge is 2.19. The molecule has 0 saturated carbocycles. The molecule has 0 amide bonds. The van der Waals surface area contributed by atoms with Crippen LogP contribution in [0.25, 0.3) is 0 Å². The first-order chi connectivity index (χ1) is 7.15. The largest absolute Gasteiger partial charge is 0.480 e. The Kier molecular flexibility index (Phi) is 4.62. The second-order valence-corrected chi connectivity index (χ2v) is 4.41. The Morgan fingerprint density at radius 1 is 1.53 bits per heavy atom. The number of carbonyl (C=O) groups is 1. The zero-order chi connectivity index (χ0) is 11.3. The van der Waals surface area contributed by atoms with Gasteiger partial charge < -0.3 is 5.11 Å². The summed E-state index contributed by atoms with van der Waals surface area (Å²) >= 11 is 1.07. The molecule has 1 N–H and O–H groups in total. The van der Waals surface area contributed by atoms with E-state index in [-0.39, 0.29) is 5.82 Å². The first-order valence-corrected chi connectivity index (χ1v) is 5.67. The predicted molar refractivity (Wildman–Crippen MR) is 58.6 cm³/mol. The Balaban J connectivity index is 2.74. The number of carboxylic acids is 1. The maximum Gasteiger partial charge on any atom is 0.316 e. The third-order valence-corrected chi connectivity index (χ3v) is 3.24. The minimum atomic E-state index is -0.884. The van der Waals surface area contributed by atoms with Gasteiger partial charge in [-0.05, 0) is 18.6 Å². The molecule has 1 atom stereocenters. The van der Waals surface area contributed by atoms with E-state index in [0.717, 1.165) is 18.2 Å². The molecule has 1 aromatic carbocycles. The molecule has 15 heavy (non-hydrogen) atoms. The minimum absolute atomic E-state index is 0.357. The van der Waals surface area contributed by atoms with Crippen LogP contribution in [0.3, 0.4) is 0 Å². The predicted octanol–water partition coefficient (Wildman–Crippen LogP) is 3.17. The van der Waals surface area contributed by atoms with Gasteiger partial charge in [-0.2, -0.15) is 0 Å². The minimum Gasteiger partial charge on any atom is -0.480 e. The molecule has 1 aromatic rings. The molecule has 0 aliphatic carbocycles. The molecule has 0 radical (unpaired) electrons. The number of hydrogen-bond acceptors (Lipinski definition) is 2. The van der Waals surface area contributed by atoms with Gasteiger partial charge in [-0.1, -0.05) is 25.5 Å². The van der Waals surface area contributed by atoms with Crippen molar-refractivity contribution < 1.29 is 14.3 Å². The lowest BCUT2D eigenvalue weighted by atomic mass is 10.2. The summed E-state index contributed by atoms with van der Waals surface area (Å²) in [6.07, 6.45) is 1.33. The molecule has 0 spiro atoms. The summed E-state index contributed by atoms with van der Waals surface area (Å²) in [6.45, 7) is 1.91. The molecule has 0 fully saturated rings. The fourth-order valence-electron chi connectivity index (χ4n) is 1.19. The SMILES string of the molecule is CCCC(Sc1ccccc1F)C(=O)O. The van der Waals surface area contributed by atoms with Gasteiger partial charge in [0.15, 0.2) is 0 Å². The summed E-state index contributed by atoms with van der Waals surface area (Å²) in [5.74, 6) is -1.24. The molecule has 0 aromatic heterocycles. The Bertz CT molecular complexity index is 341. The van der Waals surface area contributed by atoms with Crippen LogP contribution in [0.4, 0.5) is 4.39 Å². The van der Waals surface area contributed by atoms with E-state index in [9.17, 15) is 9.18 Å². The van der Waals surface area contributed by atoms with Crippen LogP contribution >= 0.6 is 11.8 Å². The number of thioether (sulfide) groups is 1. The van der Waals surface area contributed by atoms with E-state index >= 15 is 0 Å². The third kappa shape index (κ3) is 3.55. The summed E-state index contributed by atoms with van der Waals surface area (Å²) in [5.41, 5.74) is 0. The van der Waals surface area contributed by atoms with Crippen LogP contribution in [0, 0.1) is 5.82 Å². The van der Waals surface area contributed by atoms with Crippen molar-refractivity contribution in [1.29, 1.82) is 0 Å². The fourth-order valence-corrected chi connectivity index (χ4v) is 2.29. The summed E-state index contributed by atoms with van der Waals surface area (Å²) in [7, 11) is 0. The molecule has 0 aliphatic rings. The van der Waals surface area contributed by atoms with Crippen LogP contribution in [-0.4, -0.2) is 16.3 Å². The maximum atomic E-state index is 13.2. The number of halogens is 1. The van der Waals surface area contributed by atoms with Crippen LogP contribution < -0.4 is 0 Å². The van der Waals surface area contributed by atoms with Crippen LogP contribution in [0.1, 0.15) is 19.8 Å². The molecule has 2 nitrogen and oxygen atoms in total. The van der Waals surface area contributed by atoms with Crippen LogP contribution in [0.5, 0.6) is 0 Å². The molecule has 0 aliphatic heterocycles. The van der Waals surface area contributed by atoms with E-state index in [2.05, 4.69) is 0 Å². The maximum absolute atomic E-state index is 13.2. The Morgan fingerprint density at radius 3 is 2.73 bits per heavy atom. The summed E-state index contributed by atoms with van der Waals surface area (Å²) in [6, 6.07) is 6.24. The second kappa shape index (κ2) is 5.75. The molecule has 0 saturated heterocycles. The van der Waals surface area contributed by atoms with Crippen molar-refractivity contribution >= 4 is 17.7 Å². The van der Waals surface area contributed by atoms with Crippen molar-refractivity contribution in [3.05, 3.63) is 30.1 Å². The van der Waals surface area contributed by atoms with Gasteiger partial charge in [0.1, 0.15) is 11.1 Å². The quantitative estimate of drug-likeness (QED) is 0.786. The number of benzene rings is 1. The lowest BCUT2D eigenvalue weighted by Gasteiger charge is -2.10. The second-order valence-electron chi connectivity index (χ2n) is 3.16. The first kappa shape index (κ1) is 12.0. The standard InChI is InChI=1S/C11H13FO2S/c1-2-5-10(11(13)14)15-9-7-4-3-6-8(9)12/h3-4,6-7,10H,2,5H2,1H3,(H,13,14). The van der Waals surface area contributed by atoms with Gasteiger partial charge in [-0.15, -0.1) is 11.8 Å². The summed E-state index contributed by atoms with van der Waals surface area (Å²) in [4.78, 5) is 11.3. The van der Waals surface area contributed by atoms with Gasteiger partial charge in [-0.3, -0.25) is 4.79 Å². The Hall–Kier alpha value is -1.03. The van der Waals surface area contributed by atoms with E-state index < -0.39 is 11.2 Å². The van der Waals surface area contributed by atoms with E-state index in [0.29, 0.717) is 11.3 Å². The third-order valence-electron chi connectivity index (χ3n) is 1.93. The van der Waals surface area contributed by atoms with Gasteiger partial charge >= 0.3 is 5.97 Å². The highest BCUT2D eigenvalue weighted by Crippen LogP contribution is 2.28. The van der Waals surface area contributed by atoms with Crippen molar-refractivity contribution in [2.45, 2.75) is 29.9 Å². The molecule has 4 heteroatoms. The number of aliphatic carboxylic acids is 1. The smallest absolute Gasteiger partial charge is 0.316 e. The molecule has 1 unspecified atom stereocenters. The Morgan fingerprint density at radius 2 is 2.20 bits per heavy atom. The molecule has 0 bridgehead atoms. The average Bonchev–Trinajstić information content (AvgIpc) is 2.20. The number of carboxylic acid groups (broad SMARTS) is 1. The molecule has 0 heterocycles. The summed E-state index contributed by atoms with van der Waals surface area (Å²) < 4.78 is 13.2. The zero-order valence-corrected chi connectivity index (χ0v) is 9.26. The van der Waals surface area contributed by atoms with Crippen LogP contribution in [0.15, 0.2) is 29.2 Å². The number of hydrogen-bond donors (Lipinski definition) is 1. The monoisotopic (exact) mass is 228 g/mol. The molecular weight excluding hydrogens is 215 g/mol. The zero-order valence-electron chi connectivity index (χ0n) is 8.44. The highest BCUT2D eigenvalue weighted by atomic mass is 32.2. The highest BCUT2D eigenvalue weighted by molar-refractivity contribution is 8.00. The van der Waals surface area contributed by atoms with Crippen molar-refractivity contribution in [3.8, 4) is 0 Å². The lowest BCUT2D eigenvalue weighted by molar-refractivity contribution is -0.136. The fraction of sp³-hybridized carbons (Fsp3) is 0.364. The van der Waals surface area contributed by atoms with Crippen molar-refractivity contribution in [1.82, 2.24) is 0 Å². The van der Waals surface area contributed by atoms with Gasteiger partial charge in [-0.25, -0.2) is 4.39 Å². The first-order valence-electron chi connectivity index (χ1n) is 4.79. The Labute approximate surface area is 92.5 Å². The van der Waals surface area contributed by atoms with Crippen LogP contribution in [0.2, 0.25) is 0 Å². The molecule has 1 rings (SSSR count). The number of rotatable bonds is 5. The van der Waals surface area contributed by atoms with Crippen molar-refractivity contribution in [2.75, 3.05) is 0 Å².